The lowest BCUT2D eigenvalue weighted by molar-refractivity contribution is 0.318. The highest BCUT2D eigenvalue weighted by molar-refractivity contribution is 6.30. The van der Waals surface area contributed by atoms with Gasteiger partial charge in [-0.1, -0.05) is 22.8 Å². The Labute approximate surface area is 179 Å². The third-order valence-corrected chi connectivity index (χ3v) is 5.87. The van der Waals surface area contributed by atoms with Crippen molar-refractivity contribution >= 4 is 28.8 Å². The monoisotopic (exact) mass is 432 g/mol. The standard InChI is InChI=1S/C22H23ClF2N4O/c23-17-11-14(3-5-18(17)24)12-20(28-30)15-4-6-19(25)22-16(15)13-21(27-22)26-7-10-29-8-1-2-9-29/h3-6,11,30H,1-2,7-10,12-13H2,(H,26,27)/b28-20+. The van der Waals surface area contributed by atoms with Gasteiger partial charge in [-0.15, -0.1) is 0 Å². The summed E-state index contributed by atoms with van der Waals surface area (Å²) < 4.78 is 27.8. The number of aliphatic imine (C=N–C) groups is 1. The van der Waals surface area contributed by atoms with Gasteiger partial charge in [-0.05, 0) is 61.3 Å². The SMILES string of the molecule is O/N=C(\Cc1ccc(F)c(Cl)c1)c1ccc(F)c2c1CC(=NCCN1CCCC1)N2. The van der Waals surface area contributed by atoms with Crippen LogP contribution in [-0.4, -0.2) is 47.8 Å². The minimum atomic E-state index is -0.510. The van der Waals surface area contributed by atoms with Crippen LogP contribution < -0.4 is 5.32 Å². The van der Waals surface area contributed by atoms with E-state index in [4.69, 9.17) is 11.6 Å². The van der Waals surface area contributed by atoms with Crippen LogP contribution in [0.1, 0.15) is 29.5 Å². The average Bonchev–Trinajstić information content (AvgIpc) is 3.40. The van der Waals surface area contributed by atoms with E-state index in [1.54, 1.807) is 12.1 Å². The molecule has 0 amide bonds. The summed E-state index contributed by atoms with van der Waals surface area (Å²) >= 11 is 5.86. The van der Waals surface area contributed by atoms with Gasteiger partial charge in [0.2, 0.25) is 0 Å². The zero-order valence-corrected chi connectivity index (χ0v) is 17.2. The number of likely N-dealkylation sites (tertiary alicyclic amines) is 1. The van der Waals surface area contributed by atoms with E-state index in [1.165, 1.54) is 31.0 Å². The number of nitrogens with zero attached hydrogens (tertiary/aromatic N) is 3. The summed E-state index contributed by atoms with van der Waals surface area (Å²) in [6.07, 6.45) is 3.14. The molecule has 2 heterocycles. The Morgan fingerprint density at radius 1 is 1.13 bits per heavy atom. The number of oxime groups is 1. The fraction of sp³-hybridized carbons (Fsp3) is 0.364. The van der Waals surface area contributed by atoms with Crippen LogP contribution in [-0.2, 0) is 12.8 Å². The molecule has 158 valence electrons. The van der Waals surface area contributed by atoms with E-state index in [0.29, 0.717) is 46.9 Å². The van der Waals surface area contributed by atoms with Crippen molar-refractivity contribution in [1.82, 2.24) is 4.90 Å². The van der Waals surface area contributed by atoms with Gasteiger partial charge in [0.25, 0.3) is 0 Å². The number of hydrogen-bond donors (Lipinski definition) is 2. The lowest BCUT2D eigenvalue weighted by Gasteiger charge is -2.12. The fourth-order valence-electron chi connectivity index (χ4n) is 4.02. The van der Waals surface area contributed by atoms with E-state index in [1.807, 2.05) is 0 Å². The van der Waals surface area contributed by atoms with Crippen LogP contribution in [0.15, 0.2) is 40.5 Å². The highest BCUT2D eigenvalue weighted by Gasteiger charge is 2.25. The predicted octanol–water partition coefficient (Wildman–Crippen LogP) is 4.50. The molecule has 1 fully saturated rings. The number of anilines is 1. The van der Waals surface area contributed by atoms with Crippen molar-refractivity contribution in [1.29, 1.82) is 0 Å². The maximum Gasteiger partial charge on any atom is 0.147 e. The van der Waals surface area contributed by atoms with Crippen LogP contribution in [0.25, 0.3) is 0 Å². The second-order valence-electron chi connectivity index (χ2n) is 7.60. The molecule has 2 aromatic carbocycles. The van der Waals surface area contributed by atoms with Gasteiger partial charge in [0, 0.05) is 24.9 Å². The molecular weight excluding hydrogens is 410 g/mol. The Bertz CT molecular complexity index is 1000. The second kappa shape index (κ2) is 9.10. The maximum atomic E-state index is 14.4. The summed E-state index contributed by atoms with van der Waals surface area (Å²) in [6, 6.07) is 7.30. The third kappa shape index (κ3) is 4.47. The molecule has 0 atom stereocenters. The van der Waals surface area contributed by atoms with E-state index >= 15 is 0 Å². The van der Waals surface area contributed by atoms with Gasteiger partial charge >= 0.3 is 0 Å². The van der Waals surface area contributed by atoms with Crippen molar-refractivity contribution in [2.75, 3.05) is 31.5 Å². The molecule has 0 spiro atoms. The molecule has 2 aliphatic rings. The molecular formula is C22H23ClF2N4O. The Hall–Kier alpha value is -2.51. The quantitative estimate of drug-likeness (QED) is 0.401. The molecule has 2 N–H and O–H groups in total. The zero-order valence-electron chi connectivity index (χ0n) is 16.5. The molecule has 5 nitrogen and oxygen atoms in total. The van der Waals surface area contributed by atoms with Crippen molar-refractivity contribution < 1.29 is 14.0 Å². The molecule has 0 aromatic heterocycles. The molecule has 0 radical (unpaired) electrons. The van der Waals surface area contributed by atoms with Crippen LogP contribution in [0, 0.1) is 11.6 Å². The first-order valence-corrected chi connectivity index (χ1v) is 10.4. The molecule has 1 saturated heterocycles. The molecule has 2 aromatic rings. The Kier molecular flexibility index (Phi) is 6.29. The predicted molar refractivity (Wildman–Crippen MR) is 115 cm³/mol. The topological polar surface area (TPSA) is 60.2 Å². The number of amidine groups is 1. The van der Waals surface area contributed by atoms with Crippen LogP contribution in [0.4, 0.5) is 14.5 Å². The summed E-state index contributed by atoms with van der Waals surface area (Å²) in [7, 11) is 0. The number of hydrogen-bond acceptors (Lipinski definition) is 4. The number of nitrogens with one attached hydrogen (secondary N) is 1. The summed E-state index contributed by atoms with van der Waals surface area (Å²) in [5.74, 6) is -0.178. The summed E-state index contributed by atoms with van der Waals surface area (Å²) in [5.41, 5.74) is 2.75. The van der Waals surface area contributed by atoms with Gasteiger partial charge in [-0.3, -0.25) is 4.99 Å². The van der Waals surface area contributed by atoms with Gasteiger partial charge < -0.3 is 15.4 Å². The van der Waals surface area contributed by atoms with Crippen molar-refractivity contribution in [2.45, 2.75) is 25.7 Å². The van der Waals surface area contributed by atoms with Gasteiger partial charge in [0.15, 0.2) is 0 Å². The van der Waals surface area contributed by atoms with Crippen molar-refractivity contribution in [2.24, 2.45) is 10.1 Å². The van der Waals surface area contributed by atoms with Crippen molar-refractivity contribution in [3.8, 4) is 0 Å². The highest BCUT2D eigenvalue weighted by Crippen LogP contribution is 2.31. The lowest BCUT2D eigenvalue weighted by atomic mass is 9.96. The first-order chi connectivity index (χ1) is 14.5. The molecule has 4 rings (SSSR count). The van der Waals surface area contributed by atoms with E-state index < -0.39 is 5.82 Å². The molecule has 0 unspecified atom stereocenters. The average molecular weight is 433 g/mol. The smallest absolute Gasteiger partial charge is 0.147 e. The summed E-state index contributed by atoms with van der Waals surface area (Å²) in [5, 5.41) is 16.1. The largest absolute Gasteiger partial charge is 0.411 e. The van der Waals surface area contributed by atoms with E-state index in [-0.39, 0.29) is 17.3 Å². The van der Waals surface area contributed by atoms with Crippen molar-refractivity contribution in [3.05, 3.63) is 63.7 Å². The summed E-state index contributed by atoms with van der Waals surface area (Å²) in [4.78, 5) is 6.99. The Morgan fingerprint density at radius 2 is 1.90 bits per heavy atom. The first-order valence-electron chi connectivity index (χ1n) is 10.0. The van der Waals surface area contributed by atoms with Crippen molar-refractivity contribution in [3.63, 3.8) is 0 Å². The first kappa shape index (κ1) is 20.8. The van der Waals surface area contributed by atoms with Crippen LogP contribution >= 0.6 is 11.6 Å². The zero-order chi connectivity index (χ0) is 21.1. The normalized spacial score (nSPS) is 18.1. The molecule has 30 heavy (non-hydrogen) atoms. The minimum Gasteiger partial charge on any atom is -0.411 e. The van der Waals surface area contributed by atoms with Gasteiger partial charge in [0.05, 0.1) is 23.0 Å². The van der Waals surface area contributed by atoms with Gasteiger partial charge in [0.1, 0.15) is 17.5 Å². The van der Waals surface area contributed by atoms with Gasteiger partial charge in [-0.2, -0.15) is 0 Å². The minimum absolute atomic E-state index is 0.00298. The number of fused-ring (bicyclic) bond motifs is 1. The third-order valence-electron chi connectivity index (χ3n) is 5.58. The molecule has 0 aliphatic carbocycles. The molecule has 8 heteroatoms. The van der Waals surface area contributed by atoms with E-state index in [0.717, 1.165) is 19.6 Å². The van der Waals surface area contributed by atoms with Crippen LogP contribution in [0.2, 0.25) is 5.02 Å². The Balaban J connectivity index is 1.53. The number of halogens is 3. The molecule has 0 saturated carbocycles. The maximum absolute atomic E-state index is 14.4. The van der Waals surface area contributed by atoms with Gasteiger partial charge in [-0.25, -0.2) is 8.78 Å². The Morgan fingerprint density at radius 3 is 2.63 bits per heavy atom. The molecule has 2 aliphatic heterocycles. The highest BCUT2D eigenvalue weighted by atomic mass is 35.5. The van der Waals surface area contributed by atoms with Crippen LogP contribution in [0.3, 0.4) is 0 Å². The van der Waals surface area contributed by atoms with E-state index in [9.17, 15) is 14.0 Å². The fourth-order valence-corrected chi connectivity index (χ4v) is 4.22. The van der Waals surface area contributed by atoms with E-state index in [2.05, 4.69) is 20.4 Å². The number of rotatable bonds is 6. The molecule has 0 bridgehead atoms. The summed E-state index contributed by atoms with van der Waals surface area (Å²) in [6.45, 7) is 3.77. The van der Waals surface area contributed by atoms with Crippen LogP contribution in [0.5, 0.6) is 0 Å². The lowest BCUT2D eigenvalue weighted by Crippen LogP contribution is -2.23. The number of benzene rings is 2. The second-order valence-corrected chi connectivity index (χ2v) is 8.01.